The number of benzene rings is 3. The highest BCUT2D eigenvalue weighted by molar-refractivity contribution is 5.81. The van der Waals surface area contributed by atoms with Gasteiger partial charge in [-0.2, -0.15) is 13.2 Å². The molecule has 5 atom stereocenters. The number of aliphatic hydroxyl groups excluding tert-OH is 1. The number of carbonyl (C=O) groups is 1. The van der Waals surface area contributed by atoms with Crippen LogP contribution < -0.4 is 26.0 Å². The predicted octanol–water partition coefficient (Wildman–Crippen LogP) is 3.66. The van der Waals surface area contributed by atoms with E-state index in [4.69, 9.17) is 23.7 Å². The summed E-state index contributed by atoms with van der Waals surface area (Å²) in [7, 11) is 4.37. The van der Waals surface area contributed by atoms with Crippen LogP contribution in [0.4, 0.5) is 13.2 Å². The van der Waals surface area contributed by atoms with Gasteiger partial charge in [0.15, 0.2) is 6.23 Å². The van der Waals surface area contributed by atoms with Gasteiger partial charge in [-0.3, -0.25) is 19.1 Å². The first-order valence-corrected chi connectivity index (χ1v) is 16.0. The van der Waals surface area contributed by atoms with E-state index in [1.165, 1.54) is 27.5 Å². The van der Waals surface area contributed by atoms with Crippen molar-refractivity contribution in [3.8, 4) is 11.5 Å². The van der Waals surface area contributed by atoms with Gasteiger partial charge in [-0.25, -0.2) is 4.79 Å². The number of ether oxygens (including phenoxy) is 5. The second-order valence-corrected chi connectivity index (χ2v) is 11.8. The van der Waals surface area contributed by atoms with Crippen LogP contribution in [-0.4, -0.2) is 79.0 Å². The molecule has 1 aromatic heterocycles. The number of nitrogens with one attached hydrogen (secondary N) is 2. The molecule has 1 unspecified atom stereocenters. The average Bonchev–Trinajstić information content (AvgIpc) is 3.46. The first-order valence-electron chi connectivity index (χ1n) is 16.0. The van der Waals surface area contributed by atoms with Crippen molar-refractivity contribution in [2.24, 2.45) is 0 Å². The molecule has 1 amide bonds. The number of H-pyrrole nitrogens is 1. The molecule has 1 aliphatic rings. The summed E-state index contributed by atoms with van der Waals surface area (Å²) in [6.07, 6.45) is -10.1. The van der Waals surface area contributed by atoms with Gasteiger partial charge in [0.1, 0.15) is 35.4 Å². The Morgan fingerprint density at radius 2 is 1.47 bits per heavy atom. The molecule has 1 saturated heterocycles. The minimum atomic E-state index is -5.07. The van der Waals surface area contributed by atoms with Crippen LogP contribution in [0.15, 0.2) is 101 Å². The minimum absolute atomic E-state index is 0.0317. The fourth-order valence-electron chi connectivity index (χ4n) is 6.24. The fraction of sp³-hybridized carbons (Fsp3) is 0.361. The van der Waals surface area contributed by atoms with Gasteiger partial charge in [-0.1, -0.05) is 54.6 Å². The Morgan fingerprint density at radius 3 is 1.98 bits per heavy atom. The molecule has 1 fully saturated rings. The van der Waals surface area contributed by atoms with Crippen LogP contribution in [0.5, 0.6) is 11.5 Å². The van der Waals surface area contributed by atoms with Gasteiger partial charge < -0.3 is 34.1 Å². The van der Waals surface area contributed by atoms with Crippen molar-refractivity contribution in [3.05, 3.63) is 129 Å². The molecule has 0 aliphatic carbocycles. The van der Waals surface area contributed by atoms with E-state index in [1.807, 2.05) is 59.9 Å². The summed E-state index contributed by atoms with van der Waals surface area (Å²) >= 11 is 0. The molecule has 0 saturated carbocycles. The molecule has 4 aromatic rings. The smallest absolute Gasteiger partial charge is 0.471 e. The molecule has 272 valence electrons. The highest BCUT2D eigenvalue weighted by Crippen LogP contribution is 2.45. The molecule has 3 N–H and O–H groups in total. The molecule has 0 radical (unpaired) electrons. The van der Waals surface area contributed by atoms with E-state index in [9.17, 15) is 32.7 Å². The molecule has 51 heavy (non-hydrogen) atoms. The van der Waals surface area contributed by atoms with E-state index >= 15 is 0 Å². The van der Waals surface area contributed by atoms with Crippen LogP contribution in [0.3, 0.4) is 0 Å². The largest absolute Gasteiger partial charge is 0.497 e. The van der Waals surface area contributed by atoms with E-state index in [2.05, 4.69) is 4.98 Å². The zero-order valence-corrected chi connectivity index (χ0v) is 28.0. The lowest BCUT2D eigenvalue weighted by molar-refractivity contribution is -0.173. The maximum absolute atomic E-state index is 13.0. The van der Waals surface area contributed by atoms with Gasteiger partial charge in [0.05, 0.1) is 20.3 Å². The van der Waals surface area contributed by atoms with E-state index in [0.29, 0.717) is 28.2 Å². The van der Waals surface area contributed by atoms with Crippen molar-refractivity contribution in [2.75, 3.05) is 27.9 Å². The normalized spacial score (nSPS) is 19.7. The Labute approximate surface area is 290 Å². The summed E-state index contributed by atoms with van der Waals surface area (Å²) in [6, 6.07) is 24.5. The number of methoxy groups -OCH3 is 3. The van der Waals surface area contributed by atoms with Gasteiger partial charge in [-0.05, 0) is 53.8 Å². The molecule has 1 aliphatic heterocycles. The van der Waals surface area contributed by atoms with Crippen LogP contribution in [0.2, 0.25) is 0 Å². The quantitative estimate of drug-likeness (QED) is 0.132. The summed E-state index contributed by atoms with van der Waals surface area (Å²) in [4.78, 5) is 38.4. The lowest BCUT2D eigenvalue weighted by Crippen LogP contribution is -2.46. The Bertz CT molecular complexity index is 1820. The lowest BCUT2D eigenvalue weighted by Gasteiger charge is -2.41. The van der Waals surface area contributed by atoms with Crippen molar-refractivity contribution in [3.63, 3.8) is 0 Å². The zero-order chi connectivity index (χ0) is 36.8. The third-order valence-electron chi connectivity index (χ3n) is 8.72. The fourth-order valence-corrected chi connectivity index (χ4v) is 6.24. The Kier molecular flexibility index (Phi) is 11.7. The van der Waals surface area contributed by atoms with Gasteiger partial charge in [0, 0.05) is 25.9 Å². The monoisotopic (exact) mass is 713 g/mol. The minimum Gasteiger partial charge on any atom is -0.497 e. The molecular formula is C36H38F3N3O9. The van der Waals surface area contributed by atoms with E-state index in [1.54, 1.807) is 24.3 Å². The van der Waals surface area contributed by atoms with Crippen LogP contribution in [0, 0.1) is 0 Å². The average molecular weight is 714 g/mol. The Morgan fingerprint density at radius 1 is 0.902 bits per heavy atom. The number of nitrogens with zero attached hydrogens (tertiary/aromatic N) is 1. The van der Waals surface area contributed by atoms with Crippen LogP contribution in [-0.2, 0) is 24.6 Å². The predicted molar refractivity (Wildman–Crippen MR) is 178 cm³/mol. The number of aliphatic hydroxyl groups is 1. The highest BCUT2D eigenvalue weighted by Gasteiger charge is 2.51. The number of hydrogen-bond acceptors (Lipinski definition) is 9. The number of hydrogen-bond donors (Lipinski definition) is 3. The highest BCUT2D eigenvalue weighted by atomic mass is 19.4. The SMILES string of the molecule is COc1ccc(C(OC(CCCNC(=O)C(F)(F)F)[C@H]2O[C@H](n3ccc(=O)[nH]c3=O)[C@H](OC)[C@@H]2O)(c2ccccc2)c2ccc(OC)cc2)cc1. The second-order valence-electron chi connectivity index (χ2n) is 11.8. The molecular weight excluding hydrogens is 675 g/mol. The summed E-state index contributed by atoms with van der Waals surface area (Å²) in [5, 5.41) is 13.6. The number of aromatic amines is 1. The third kappa shape index (κ3) is 8.01. The number of aromatic nitrogens is 2. The maximum Gasteiger partial charge on any atom is 0.471 e. The van der Waals surface area contributed by atoms with Crippen molar-refractivity contribution < 1.29 is 46.8 Å². The van der Waals surface area contributed by atoms with Crippen LogP contribution in [0.25, 0.3) is 0 Å². The van der Waals surface area contributed by atoms with Crippen molar-refractivity contribution >= 4 is 5.91 Å². The molecule has 12 nitrogen and oxygen atoms in total. The molecule has 0 spiro atoms. The number of alkyl halides is 3. The van der Waals surface area contributed by atoms with Crippen LogP contribution in [0.1, 0.15) is 35.8 Å². The summed E-state index contributed by atoms with van der Waals surface area (Å²) < 4.78 is 70.0. The van der Waals surface area contributed by atoms with E-state index in [0.717, 1.165) is 10.6 Å². The molecule has 15 heteroatoms. The summed E-state index contributed by atoms with van der Waals surface area (Å²) in [6.45, 7) is -0.374. The maximum atomic E-state index is 13.0. The first kappa shape index (κ1) is 37.3. The Balaban J connectivity index is 1.65. The molecule has 5 rings (SSSR count). The number of amides is 1. The van der Waals surface area contributed by atoms with Gasteiger partial charge in [0.25, 0.3) is 5.56 Å². The van der Waals surface area contributed by atoms with Gasteiger partial charge in [0.2, 0.25) is 0 Å². The zero-order valence-electron chi connectivity index (χ0n) is 28.0. The number of rotatable bonds is 14. The third-order valence-corrected chi connectivity index (χ3v) is 8.72. The molecule has 2 heterocycles. The number of halogens is 3. The van der Waals surface area contributed by atoms with Crippen molar-refractivity contribution in [1.29, 1.82) is 0 Å². The summed E-state index contributed by atoms with van der Waals surface area (Å²) in [5.41, 5.74) is -1.00. The second kappa shape index (κ2) is 15.9. The molecule has 3 aromatic carbocycles. The van der Waals surface area contributed by atoms with Crippen molar-refractivity contribution in [2.45, 2.75) is 55.3 Å². The summed E-state index contributed by atoms with van der Waals surface area (Å²) in [5.74, 6) is -0.956. The molecule has 0 bridgehead atoms. The van der Waals surface area contributed by atoms with Crippen LogP contribution >= 0.6 is 0 Å². The first-order chi connectivity index (χ1) is 24.4. The topological polar surface area (TPSA) is 150 Å². The van der Waals surface area contributed by atoms with Gasteiger partial charge >= 0.3 is 17.8 Å². The van der Waals surface area contributed by atoms with Crippen molar-refractivity contribution in [1.82, 2.24) is 14.9 Å². The Hall–Kier alpha value is -4.96. The number of carbonyl (C=O) groups excluding carboxylic acids is 1. The van der Waals surface area contributed by atoms with E-state index < -0.39 is 59.6 Å². The standard InChI is InChI=1S/C36H38F3N3O9/c1-47-25-15-11-23(12-16-25)35(22-8-5-4-6-9-22,24-13-17-26(48-2)18-14-24)51-27(10-7-20-40-33(45)36(37,38)39)30-29(44)31(49-3)32(50-30)42-21-19-28(43)41-34(42)46/h4-6,8-9,11-19,21,27,29-32,44H,7,10,20H2,1-3H3,(H,40,45)(H,41,43,46)/t27?,29-,30-,31-,32+/m1/s1. The lowest BCUT2D eigenvalue weighted by atomic mass is 9.79. The van der Waals surface area contributed by atoms with Gasteiger partial charge in [-0.15, -0.1) is 0 Å². The van der Waals surface area contributed by atoms with E-state index in [-0.39, 0.29) is 19.4 Å².